The maximum Gasteiger partial charge on any atom is 0.217 e. The molecule has 0 unspecified atom stereocenters. The Morgan fingerprint density at radius 3 is 2.69 bits per heavy atom. The highest BCUT2D eigenvalue weighted by Crippen LogP contribution is 2.36. The van der Waals surface area contributed by atoms with Gasteiger partial charge in [0, 0.05) is 31.6 Å². The maximum absolute atomic E-state index is 11.5. The lowest BCUT2D eigenvalue weighted by atomic mass is 9.83. The molecule has 32 heavy (non-hydrogen) atoms. The number of carbonyl (C=O) groups is 1. The first-order chi connectivity index (χ1) is 15.5. The summed E-state index contributed by atoms with van der Waals surface area (Å²) in [6.07, 6.45) is 7.58. The standard InChI is InChI=1S/C26H33N5O/c1-17-14-24(30-13-12-23(16-30)28-19(3)32)26-27-18(2)25(31(26)29-17)22-11-7-10-21(15-22)20-8-5-4-6-9-20/h7,10-11,14-15,20,23H,4-6,8-9,12-13,16H2,1-3H3,(H,28,32)/t23-/m1/s1. The summed E-state index contributed by atoms with van der Waals surface area (Å²) in [5.41, 5.74) is 7.69. The summed E-state index contributed by atoms with van der Waals surface area (Å²) in [6, 6.07) is 11.3. The number of aryl methyl sites for hydroxylation is 2. The number of fused-ring (bicyclic) bond motifs is 1. The fraction of sp³-hybridized carbons (Fsp3) is 0.500. The van der Waals surface area contributed by atoms with Crippen molar-refractivity contribution >= 4 is 17.2 Å². The first kappa shape index (κ1) is 21.0. The van der Waals surface area contributed by atoms with Gasteiger partial charge in [-0.15, -0.1) is 0 Å². The quantitative estimate of drug-likeness (QED) is 0.646. The average molecular weight is 432 g/mol. The fourth-order valence-corrected chi connectivity index (χ4v) is 5.55. The molecule has 3 heterocycles. The molecule has 2 aromatic heterocycles. The zero-order chi connectivity index (χ0) is 22.2. The van der Waals surface area contributed by atoms with Gasteiger partial charge in [0.1, 0.15) is 0 Å². The van der Waals surface area contributed by atoms with E-state index in [9.17, 15) is 4.79 Å². The van der Waals surface area contributed by atoms with Crippen LogP contribution in [0.3, 0.4) is 0 Å². The molecule has 0 spiro atoms. The minimum Gasteiger partial charge on any atom is -0.366 e. The van der Waals surface area contributed by atoms with Gasteiger partial charge in [-0.3, -0.25) is 4.79 Å². The summed E-state index contributed by atoms with van der Waals surface area (Å²) >= 11 is 0. The maximum atomic E-state index is 11.5. The van der Waals surface area contributed by atoms with Crippen LogP contribution in [0, 0.1) is 13.8 Å². The van der Waals surface area contributed by atoms with E-state index in [1.165, 1.54) is 43.2 Å². The van der Waals surface area contributed by atoms with Crippen molar-refractivity contribution in [1.82, 2.24) is 19.9 Å². The minimum absolute atomic E-state index is 0.0321. The van der Waals surface area contributed by atoms with Gasteiger partial charge in [-0.1, -0.05) is 37.5 Å². The molecule has 1 aliphatic heterocycles. The van der Waals surface area contributed by atoms with Crippen LogP contribution >= 0.6 is 0 Å². The molecule has 2 fully saturated rings. The van der Waals surface area contributed by atoms with E-state index in [2.05, 4.69) is 47.5 Å². The van der Waals surface area contributed by atoms with Crippen molar-refractivity contribution in [1.29, 1.82) is 0 Å². The van der Waals surface area contributed by atoms with Crippen molar-refractivity contribution < 1.29 is 4.79 Å². The Morgan fingerprint density at radius 2 is 1.91 bits per heavy atom. The Hall–Kier alpha value is -2.89. The molecule has 1 N–H and O–H groups in total. The van der Waals surface area contributed by atoms with Crippen molar-refractivity contribution in [2.24, 2.45) is 0 Å². The van der Waals surface area contributed by atoms with Crippen LogP contribution in [-0.4, -0.2) is 39.6 Å². The van der Waals surface area contributed by atoms with Crippen molar-refractivity contribution in [3.8, 4) is 11.3 Å². The van der Waals surface area contributed by atoms with Crippen LogP contribution in [0.1, 0.15) is 68.3 Å². The van der Waals surface area contributed by atoms with E-state index in [0.29, 0.717) is 5.92 Å². The number of hydrogen-bond acceptors (Lipinski definition) is 4. The molecule has 6 nitrogen and oxygen atoms in total. The molecule has 1 aromatic carbocycles. The zero-order valence-corrected chi connectivity index (χ0v) is 19.4. The third-order valence-electron chi connectivity index (χ3n) is 7.03. The third kappa shape index (κ3) is 3.98. The molecule has 1 saturated heterocycles. The Labute approximate surface area is 190 Å². The van der Waals surface area contributed by atoms with Gasteiger partial charge < -0.3 is 10.2 Å². The van der Waals surface area contributed by atoms with Crippen LogP contribution in [0.4, 0.5) is 5.69 Å². The van der Waals surface area contributed by atoms with Crippen LogP contribution in [0.25, 0.3) is 16.9 Å². The number of carbonyl (C=O) groups excluding carboxylic acids is 1. The summed E-state index contributed by atoms with van der Waals surface area (Å²) in [7, 11) is 0. The molecule has 0 radical (unpaired) electrons. The van der Waals surface area contributed by atoms with Crippen LogP contribution in [-0.2, 0) is 4.79 Å². The summed E-state index contributed by atoms with van der Waals surface area (Å²) in [5.74, 6) is 0.702. The normalized spacial score (nSPS) is 19.6. The molecule has 5 rings (SSSR count). The lowest BCUT2D eigenvalue weighted by Gasteiger charge is -2.22. The minimum atomic E-state index is 0.0321. The molecule has 3 aromatic rings. The van der Waals surface area contributed by atoms with Crippen molar-refractivity contribution in [2.45, 2.75) is 71.3 Å². The number of amides is 1. The van der Waals surface area contributed by atoms with Gasteiger partial charge >= 0.3 is 0 Å². The second kappa shape index (κ2) is 8.57. The number of anilines is 1. The van der Waals surface area contributed by atoms with Gasteiger partial charge in [0.15, 0.2) is 5.65 Å². The smallest absolute Gasteiger partial charge is 0.217 e. The lowest BCUT2D eigenvalue weighted by molar-refractivity contribution is -0.119. The fourth-order valence-electron chi connectivity index (χ4n) is 5.55. The Kier molecular flexibility index (Phi) is 5.62. The Bertz CT molecular complexity index is 1140. The monoisotopic (exact) mass is 431 g/mol. The predicted octanol–water partition coefficient (Wildman–Crippen LogP) is 4.78. The molecule has 2 aliphatic rings. The molecule has 1 atom stereocenters. The van der Waals surface area contributed by atoms with Gasteiger partial charge in [0.05, 0.1) is 22.8 Å². The first-order valence-electron chi connectivity index (χ1n) is 12.0. The number of benzene rings is 1. The second-order valence-corrected chi connectivity index (χ2v) is 9.54. The number of aromatic nitrogens is 3. The van der Waals surface area contributed by atoms with E-state index in [4.69, 9.17) is 10.1 Å². The Morgan fingerprint density at radius 1 is 1.09 bits per heavy atom. The summed E-state index contributed by atoms with van der Waals surface area (Å²) in [6.45, 7) is 7.42. The van der Waals surface area contributed by atoms with E-state index in [1.807, 2.05) is 11.4 Å². The van der Waals surface area contributed by atoms with Crippen molar-refractivity contribution in [3.05, 3.63) is 47.3 Å². The summed E-state index contributed by atoms with van der Waals surface area (Å²) in [4.78, 5) is 18.8. The van der Waals surface area contributed by atoms with E-state index >= 15 is 0 Å². The van der Waals surface area contributed by atoms with E-state index in [1.54, 1.807) is 6.92 Å². The highest BCUT2D eigenvalue weighted by molar-refractivity contribution is 5.77. The molecule has 1 amide bonds. The number of hydrogen-bond donors (Lipinski definition) is 1. The third-order valence-corrected chi connectivity index (χ3v) is 7.03. The Balaban J connectivity index is 1.53. The zero-order valence-electron chi connectivity index (χ0n) is 19.4. The average Bonchev–Trinajstić information content (AvgIpc) is 3.37. The number of rotatable bonds is 4. The molecule has 1 aliphatic carbocycles. The van der Waals surface area contributed by atoms with Crippen LogP contribution < -0.4 is 10.2 Å². The number of nitrogens with zero attached hydrogens (tertiary/aromatic N) is 4. The van der Waals surface area contributed by atoms with Crippen molar-refractivity contribution in [3.63, 3.8) is 0 Å². The predicted molar refractivity (Wildman–Crippen MR) is 128 cm³/mol. The summed E-state index contributed by atoms with van der Waals surface area (Å²) < 4.78 is 2.03. The van der Waals surface area contributed by atoms with E-state index in [0.717, 1.165) is 47.9 Å². The van der Waals surface area contributed by atoms with Gasteiger partial charge in [0.2, 0.25) is 5.91 Å². The highest BCUT2D eigenvalue weighted by atomic mass is 16.1. The number of nitrogens with one attached hydrogen (secondary N) is 1. The second-order valence-electron chi connectivity index (χ2n) is 9.54. The molecule has 6 heteroatoms. The van der Waals surface area contributed by atoms with E-state index < -0.39 is 0 Å². The molecule has 0 bridgehead atoms. The molecule has 1 saturated carbocycles. The molecular formula is C26H33N5O. The molecule has 168 valence electrons. The summed E-state index contributed by atoms with van der Waals surface area (Å²) in [5, 5.41) is 7.93. The number of imidazole rings is 1. The molecular weight excluding hydrogens is 398 g/mol. The SMILES string of the molecule is CC(=O)N[C@@H]1CCN(c2cc(C)nn3c(-c4cccc(C5CCCCC5)c4)c(C)nc23)C1. The van der Waals surface area contributed by atoms with E-state index in [-0.39, 0.29) is 11.9 Å². The van der Waals surface area contributed by atoms with Crippen molar-refractivity contribution in [2.75, 3.05) is 18.0 Å². The van der Waals surface area contributed by atoms with Crippen LogP contribution in [0.15, 0.2) is 30.3 Å². The highest BCUT2D eigenvalue weighted by Gasteiger charge is 2.27. The van der Waals surface area contributed by atoms with Gasteiger partial charge in [-0.05, 0) is 56.7 Å². The van der Waals surface area contributed by atoms with Gasteiger partial charge in [0.25, 0.3) is 0 Å². The first-order valence-corrected chi connectivity index (χ1v) is 12.0. The van der Waals surface area contributed by atoms with Crippen LogP contribution in [0.5, 0.6) is 0 Å². The van der Waals surface area contributed by atoms with Gasteiger partial charge in [-0.2, -0.15) is 5.10 Å². The lowest BCUT2D eigenvalue weighted by Crippen LogP contribution is -2.35. The largest absolute Gasteiger partial charge is 0.366 e. The van der Waals surface area contributed by atoms with Gasteiger partial charge in [-0.25, -0.2) is 9.50 Å². The van der Waals surface area contributed by atoms with Crippen LogP contribution in [0.2, 0.25) is 0 Å². The topological polar surface area (TPSA) is 62.5 Å².